The second kappa shape index (κ2) is 4.23. The molecule has 1 aromatic rings. The summed E-state index contributed by atoms with van der Waals surface area (Å²) in [4.78, 5) is 11.0. The second-order valence-corrected chi connectivity index (χ2v) is 4.32. The van der Waals surface area contributed by atoms with Gasteiger partial charge in [-0.1, -0.05) is 0 Å². The maximum atomic E-state index is 11.0. The van der Waals surface area contributed by atoms with Crippen LogP contribution in [0.4, 0.5) is 0 Å². The van der Waals surface area contributed by atoms with Gasteiger partial charge in [-0.2, -0.15) is 5.10 Å². The lowest BCUT2D eigenvalue weighted by Gasteiger charge is -2.05. The predicted molar refractivity (Wildman–Crippen MR) is 55.2 cm³/mol. The van der Waals surface area contributed by atoms with E-state index < -0.39 is 0 Å². The first kappa shape index (κ1) is 9.86. The molecule has 0 aromatic carbocycles. The summed E-state index contributed by atoms with van der Waals surface area (Å²) >= 11 is 3.18. The summed E-state index contributed by atoms with van der Waals surface area (Å²) in [5.41, 5.74) is 0.725. The molecule has 4 nitrogen and oxygen atoms in total. The van der Waals surface area contributed by atoms with Crippen LogP contribution < -0.4 is 5.56 Å². The molecule has 1 saturated heterocycles. The molecule has 1 aliphatic heterocycles. The smallest absolute Gasteiger partial charge is 0.278 e. The lowest BCUT2D eigenvalue weighted by atomic mass is 10.0. The fraction of sp³-hybridized carbons (Fsp3) is 0.556. The summed E-state index contributed by atoms with van der Waals surface area (Å²) in [6, 6.07) is 1.77. The molecule has 2 rings (SSSR count). The van der Waals surface area contributed by atoms with Crippen molar-refractivity contribution in [1.82, 2.24) is 10.2 Å². The van der Waals surface area contributed by atoms with Gasteiger partial charge in [0.2, 0.25) is 0 Å². The van der Waals surface area contributed by atoms with Crippen molar-refractivity contribution in [2.45, 2.75) is 12.8 Å². The highest BCUT2D eigenvalue weighted by atomic mass is 79.9. The molecule has 1 aromatic heterocycles. The highest BCUT2D eigenvalue weighted by Crippen LogP contribution is 2.17. The van der Waals surface area contributed by atoms with E-state index in [0.717, 1.165) is 31.7 Å². The quantitative estimate of drug-likeness (QED) is 0.865. The van der Waals surface area contributed by atoms with Crippen molar-refractivity contribution in [3.63, 3.8) is 0 Å². The van der Waals surface area contributed by atoms with Gasteiger partial charge in [0, 0.05) is 13.2 Å². The first-order chi connectivity index (χ1) is 6.75. The van der Waals surface area contributed by atoms with Gasteiger partial charge in [-0.25, -0.2) is 5.10 Å². The topological polar surface area (TPSA) is 55.0 Å². The van der Waals surface area contributed by atoms with E-state index in [1.807, 2.05) is 0 Å². The second-order valence-electron chi connectivity index (χ2n) is 3.47. The first-order valence-corrected chi connectivity index (χ1v) is 5.37. The summed E-state index contributed by atoms with van der Waals surface area (Å²) < 4.78 is 5.81. The molecule has 1 aliphatic rings. The van der Waals surface area contributed by atoms with E-state index in [1.165, 1.54) is 0 Å². The van der Waals surface area contributed by atoms with Crippen LogP contribution in [-0.2, 0) is 11.2 Å². The van der Waals surface area contributed by atoms with Crippen molar-refractivity contribution < 1.29 is 4.74 Å². The normalized spacial score (nSPS) is 21.4. The average Bonchev–Trinajstić information content (AvgIpc) is 2.64. The van der Waals surface area contributed by atoms with Crippen LogP contribution in [0.3, 0.4) is 0 Å². The van der Waals surface area contributed by atoms with Gasteiger partial charge in [0.1, 0.15) is 0 Å². The van der Waals surface area contributed by atoms with E-state index in [2.05, 4.69) is 26.1 Å². The maximum absolute atomic E-state index is 11.0. The number of ether oxygens (including phenoxy) is 1. The van der Waals surface area contributed by atoms with Gasteiger partial charge in [0.15, 0.2) is 0 Å². The van der Waals surface area contributed by atoms with Crippen LogP contribution in [0.1, 0.15) is 12.1 Å². The number of hydrogen-bond acceptors (Lipinski definition) is 3. The zero-order chi connectivity index (χ0) is 9.97. The summed E-state index contributed by atoms with van der Waals surface area (Å²) in [6.45, 7) is 1.65. The van der Waals surface area contributed by atoms with Gasteiger partial charge in [0.05, 0.1) is 10.2 Å². The van der Waals surface area contributed by atoms with Crippen LogP contribution in [-0.4, -0.2) is 23.4 Å². The lowest BCUT2D eigenvalue weighted by Crippen LogP contribution is -2.13. The number of rotatable bonds is 2. The minimum atomic E-state index is -0.184. The Kier molecular flexibility index (Phi) is 2.98. The summed E-state index contributed by atoms with van der Waals surface area (Å²) in [7, 11) is 0. The van der Waals surface area contributed by atoms with Gasteiger partial charge in [-0.05, 0) is 40.8 Å². The van der Waals surface area contributed by atoms with Crippen LogP contribution in [0, 0.1) is 5.92 Å². The highest BCUT2D eigenvalue weighted by Gasteiger charge is 2.17. The van der Waals surface area contributed by atoms with E-state index in [4.69, 9.17) is 4.74 Å². The Hall–Kier alpha value is -0.680. The van der Waals surface area contributed by atoms with Gasteiger partial charge in [-0.15, -0.1) is 0 Å². The zero-order valence-corrected chi connectivity index (χ0v) is 9.21. The third-order valence-electron chi connectivity index (χ3n) is 2.33. The number of nitrogens with zero attached hydrogens (tertiary/aromatic N) is 1. The molecule has 1 atom stereocenters. The van der Waals surface area contributed by atoms with Crippen molar-refractivity contribution in [3.8, 4) is 0 Å². The Morgan fingerprint density at radius 3 is 3.21 bits per heavy atom. The molecule has 14 heavy (non-hydrogen) atoms. The molecule has 5 heteroatoms. The van der Waals surface area contributed by atoms with Crippen molar-refractivity contribution in [2.24, 2.45) is 5.92 Å². The molecule has 0 amide bonds. The SMILES string of the molecule is O=c1[nH]nc(CC2CCOC2)cc1Br. The van der Waals surface area contributed by atoms with Crippen molar-refractivity contribution in [3.05, 3.63) is 26.6 Å². The van der Waals surface area contributed by atoms with Crippen LogP contribution >= 0.6 is 15.9 Å². The van der Waals surface area contributed by atoms with Gasteiger partial charge >= 0.3 is 0 Å². The number of aromatic amines is 1. The molecule has 76 valence electrons. The molecule has 1 N–H and O–H groups in total. The predicted octanol–water partition coefficient (Wildman–Crippen LogP) is 1.11. The van der Waals surface area contributed by atoms with Crippen molar-refractivity contribution in [1.29, 1.82) is 0 Å². The minimum Gasteiger partial charge on any atom is -0.381 e. The molecule has 0 aliphatic carbocycles. The summed E-state index contributed by atoms with van der Waals surface area (Å²) in [6.07, 6.45) is 1.95. The molecule has 0 radical (unpaired) electrons. The number of halogens is 1. The number of hydrogen-bond donors (Lipinski definition) is 1. The van der Waals surface area contributed by atoms with Crippen molar-refractivity contribution in [2.75, 3.05) is 13.2 Å². The number of nitrogens with one attached hydrogen (secondary N) is 1. The average molecular weight is 259 g/mol. The van der Waals surface area contributed by atoms with E-state index >= 15 is 0 Å². The van der Waals surface area contributed by atoms with Gasteiger partial charge < -0.3 is 4.74 Å². The molecular weight excluding hydrogens is 248 g/mol. The van der Waals surface area contributed by atoms with Gasteiger partial charge in [0.25, 0.3) is 5.56 Å². The lowest BCUT2D eigenvalue weighted by molar-refractivity contribution is 0.185. The monoisotopic (exact) mass is 258 g/mol. The summed E-state index contributed by atoms with van der Waals surface area (Å²) in [5, 5.41) is 6.43. The Bertz CT molecular complexity index is 371. The molecule has 1 fully saturated rings. The van der Waals surface area contributed by atoms with Gasteiger partial charge in [-0.3, -0.25) is 4.79 Å². The standard InChI is InChI=1S/C9H11BrN2O2/c10-8-4-7(11-12-9(8)13)3-6-1-2-14-5-6/h4,6H,1-3,5H2,(H,12,13). The summed E-state index contributed by atoms with van der Waals surface area (Å²) in [5.74, 6) is 0.542. The molecule has 2 heterocycles. The van der Waals surface area contributed by atoms with Crippen LogP contribution in [0.15, 0.2) is 15.3 Å². The molecular formula is C9H11BrN2O2. The third-order valence-corrected chi connectivity index (χ3v) is 2.92. The fourth-order valence-corrected chi connectivity index (χ4v) is 1.92. The molecule has 1 unspecified atom stereocenters. The largest absolute Gasteiger partial charge is 0.381 e. The Labute approximate surface area is 89.8 Å². The maximum Gasteiger partial charge on any atom is 0.278 e. The van der Waals surface area contributed by atoms with Crippen molar-refractivity contribution >= 4 is 15.9 Å². The Morgan fingerprint density at radius 1 is 1.71 bits per heavy atom. The fourth-order valence-electron chi connectivity index (χ4n) is 1.56. The van der Waals surface area contributed by atoms with E-state index in [1.54, 1.807) is 6.07 Å². The molecule has 0 spiro atoms. The molecule has 0 saturated carbocycles. The number of H-pyrrole nitrogens is 1. The van der Waals surface area contributed by atoms with Crippen LogP contribution in [0.2, 0.25) is 0 Å². The highest BCUT2D eigenvalue weighted by molar-refractivity contribution is 9.10. The molecule has 0 bridgehead atoms. The van der Waals surface area contributed by atoms with E-state index in [0.29, 0.717) is 10.4 Å². The number of aromatic nitrogens is 2. The zero-order valence-electron chi connectivity index (χ0n) is 7.62. The Balaban J connectivity index is 2.09. The first-order valence-electron chi connectivity index (χ1n) is 4.57. The van der Waals surface area contributed by atoms with E-state index in [9.17, 15) is 4.79 Å². The minimum absolute atomic E-state index is 0.184. The van der Waals surface area contributed by atoms with E-state index in [-0.39, 0.29) is 5.56 Å². The third kappa shape index (κ3) is 2.22. The van der Waals surface area contributed by atoms with Crippen LogP contribution in [0.25, 0.3) is 0 Å². The Morgan fingerprint density at radius 2 is 2.57 bits per heavy atom. The van der Waals surface area contributed by atoms with Crippen LogP contribution in [0.5, 0.6) is 0 Å².